The van der Waals surface area contributed by atoms with Crippen LogP contribution >= 0.6 is 0 Å². The Labute approximate surface area is 184 Å². The van der Waals surface area contributed by atoms with Crippen LogP contribution in [-0.2, 0) is 6.42 Å². The van der Waals surface area contributed by atoms with Gasteiger partial charge in [0.05, 0.1) is 18.8 Å². The predicted octanol–water partition coefficient (Wildman–Crippen LogP) is 2.73. The molecule has 2 aliphatic heterocycles. The number of hydrogen-bond acceptors (Lipinski definition) is 6. The van der Waals surface area contributed by atoms with E-state index in [1.165, 1.54) is 0 Å². The Morgan fingerprint density at radius 1 is 1.19 bits per heavy atom. The number of carbonyl (C=O) groups is 1. The van der Waals surface area contributed by atoms with Gasteiger partial charge in [-0.05, 0) is 31.0 Å². The Balaban J connectivity index is 1.67. The van der Waals surface area contributed by atoms with Gasteiger partial charge in [0.1, 0.15) is 11.6 Å². The maximum atomic E-state index is 13.0. The van der Waals surface area contributed by atoms with Crippen molar-refractivity contribution in [1.82, 2.24) is 19.8 Å². The molecule has 2 N–H and O–H groups in total. The number of aromatic nitrogens is 2. The zero-order valence-electron chi connectivity index (χ0n) is 19.0. The number of rotatable bonds is 4. The standard InChI is InChI=1S/C23H32N6O2/c1-6-19-14(2)21(26-22(24)25-19)28-11-16-12-29(23(30)27(3)4)20(18(16)13-28)15-7-9-17(31-5)10-8-15/h7-10,16,18,20H,6,11-13H2,1-5H3,(H2,24,25,26)/t16-,18-,20+/m1/s1. The van der Waals surface area contributed by atoms with Gasteiger partial charge in [0.15, 0.2) is 0 Å². The summed E-state index contributed by atoms with van der Waals surface area (Å²) in [6.45, 7) is 6.58. The van der Waals surface area contributed by atoms with Crippen molar-refractivity contribution in [2.75, 3.05) is 51.5 Å². The number of nitrogens with two attached hydrogens (primary N) is 1. The van der Waals surface area contributed by atoms with E-state index in [0.29, 0.717) is 17.8 Å². The fourth-order valence-corrected chi connectivity index (χ4v) is 5.12. The number of ether oxygens (including phenoxy) is 1. The summed E-state index contributed by atoms with van der Waals surface area (Å²) in [5, 5.41) is 0. The van der Waals surface area contributed by atoms with E-state index in [1.54, 1.807) is 12.0 Å². The van der Waals surface area contributed by atoms with E-state index in [4.69, 9.17) is 10.5 Å². The topological polar surface area (TPSA) is 87.8 Å². The molecule has 2 aromatic rings. The summed E-state index contributed by atoms with van der Waals surface area (Å²) in [5.41, 5.74) is 9.24. The molecule has 4 rings (SSSR count). The van der Waals surface area contributed by atoms with Gasteiger partial charge in [0.25, 0.3) is 0 Å². The molecule has 0 aliphatic carbocycles. The highest BCUT2D eigenvalue weighted by atomic mass is 16.5. The summed E-state index contributed by atoms with van der Waals surface area (Å²) in [5.74, 6) is 2.76. The summed E-state index contributed by atoms with van der Waals surface area (Å²) in [6, 6.07) is 8.16. The number of amides is 2. The highest BCUT2D eigenvalue weighted by Crippen LogP contribution is 2.46. The molecule has 3 heterocycles. The third kappa shape index (κ3) is 3.75. The SMILES string of the molecule is CCc1nc(N)nc(N2C[C@@H]3CN(C(=O)N(C)C)[C@@H](c4ccc(OC)cc4)[C@@H]3C2)c1C. The number of likely N-dealkylation sites (tertiary alicyclic amines) is 1. The molecule has 0 radical (unpaired) electrons. The lowest BCUT2D eigenvalue weighted by molar-refractivity contribution is 0.159. The summed E-state index contributed by atoms with van der Waals surface area (Å²) in [7, 11) is 5.29. The molecule has 31 heavy (non-hydrogen) atoms. The van der Waals surface area contributed by atoms with Crippen molar-refractivity contribution in [2.45, 2.75) is 26.3 Å². The van der Waals surface area contributed by atoms with E-state index in [0.717, 1.165) is 54.4 Å². The van der Waals surface area contributed by atoms with Crippen LogP contribution in [0.1, 0.15) is 29.8 Å². The third-order valence-electron chi connectivity index (χ3n) is 6.62. The average Bonchev–Trinajstić information content (AvgIpc) is 3.32. The lowest BCUT2D eigenvalue weighted by Crippen LogP contribution is -2.41. The minimum Gasteiger partial charge on any atom is -0.497 e. The smallest absolute Gasteiger partial charge is 0.320 e. The van der Waals surface area contributed by atoms with Gasteiger partial charge in [-0.25, -0.2) is 9.78 Å². The number of carbonyl (C=O) groups excluding carboxylic acids is 1. The van der Waals surface area contributed by atoms with Crippen LogP contribution in [0.4, 0.5) is 16.6 Å². The second-order valence-electron chi connectivity index (χ2n) is 8.71. The predicted molar refractivity (Wildman–Crippen MR) is 121 cm³/mol. The number of methoxy groups -OCH3 is 1. The van der Waals surface area contributed by atoms with E-state index in [2.05, 4.69) is 40.8 Å². The first kappa shape index (κ1) is 21.2. The first-order valence-corrected chi connectivity index (χ1v) is 10.8. The lowest BCUT2D eigenvalue weighted by atomic mass is 9.89. The Morgan fingerprint density at radius 3 is 2.52 bits per heavy atom. The number of anilines is 2. The second kappa shape index (κ2) is 8.24. The Hall–Kier alpha value is -3.03. The van der Waals surface area contributed by atoms with Crippen molar-refractivity contribution in [3.05, 3.63) is 41.1 Å². The number of nitrogens with zero attached hydrogens (tertiary/aromatic N) is 5. The summed E-state index contributed by atoms with van der Waals surface area (Å²) in [4.78, 5) is 28.0. The summed E-state index contributed by atoms with van der Waals surface area (Å²) in [6.07, 6.45) is 0.825. The van der Waals surface area contributed by atoms with Crippen LogP contribution in [0, 0.1) is 18.8 Å². The number of benzene rings is 1. The number of nitrogen functional groups attached to an aromatic ring is 1. The molecule has 1 aromatic heterocycles. The van der Waals surface area contributed by atoms with E-state index >= 15 is 0 Å². The monoisotopic (exact) mass is 424 g/mol. The zero-order valence-corrected chi connectivity index (χ0v) is 19.0. The van der Waals surface area contributed by atoms with Gasteiger partial charge < -0.3 is 25.2 Å². The number of urea groups is 1. The van der Waals surface area contributed by atoms with E-state index in [-0.39, 0.29) is 12.1 Å². The van der Waals surface area contributed by atoms with E-state index in [9.17, 15) is 4.79 Å². The van der Waals surface area contributed by atoms with Crippen LogP contribution in [0.2, 0.25) is 0 Å². The maximum Gasteiger partial charge on any atom is 0.320 e. The van der Waals surface area contributed by atoms with Gasteiger partial charge in [-0.1, -0.05) is 19.1 Å². The summed E-state index contributed by atoms with van der Waals surface area (Å²) >= 11 is 0. The van der Waals surface area contributed by atoms with Gasteiger partial charge in [-0.3, -0.25) is 0 Å². The van der Waals surface area contributed by atoms with Crippen LogP contribution < -0.4 is 15.4 Å². The highest BCUT2D eigenvalue weighted by Gasteiger charge is 2.50. The average molecular weight is 425 g/mol. The van der Waals surface area contributed by atoms with Crippen molar-refractivity contribution < 1.29 is 9.53 Å². The molecule has 8 heteroatoms. The molecular formula is C23H32N6O2. The van der Waals surface area contributed by atoms with E-state index in [1.807, 2.05) is 31.1 Å². The van der Waals surface area contributed by atoms with Crippen molar-refractivity contribution in [1.29, 1.82) is 0 Å². The van der Waals surface area contributed by atoms with Gasteiger partial charge in [-0.15, -0.1) is 0 Å². The van der Waals surface area contributed by atoms with Crippen molar-refractivity contribution in [3.8, 4) is 5.75 Å². The highest BCUT2D eigenvalue weighted by molar-refractivity contribution is 5.75. The maximum absolute atomic E-state index is 13.0. The molecule has 0 bridgehead atoms. The van der Waals surface area contributed by atoms with Crippen LogP contribution in [0.15, 0.2) is 24.3 Å². The zero-order chi connectivity index (χ0) is 22.3. The lowest BCUT2D eigenvalue weighted by Gasteiger charge is -2.32. The molecule has 3 atom stereocenters. The third-order valence-corrected chi connectivity index (χ3v) is 6.62. The van der Waals surface area contributed by atoms with Crippen molar-refractivity contribution in [2.24, 2.45) is 11.8 Å². The van der Waals surface area contributed by atoms with Gasteiger partial charge in [0, 0.05) is 51.1 Å². The van der Waals surface area contributed by atoms with Gasteiger partial charge >= 0.3 is 6.03 Å². The Morgan fingerprint density at radius 2 is 1.90 bits per heavy atom. The first-order chi connectivity index (χ1) is 14.8. The second-order valence-corrected chi connectivity index (χ2v) is 8.71. The molecule has 2 aliphatic rings. The van der Waals surface area contributed by atoms with Crippen molar-refractivity contribution >= 4 is 17.8 Å². The largest absolute Gasteiger partial charge is 0.497 e. The summed E-state index contributed by atoms with van der Waals surface area (Å²) < 4.78 is 5.33. The molecule has 1 aromatic carbocycles. The fraction of sp³-hybridized carbons (Fsp3) is 0.522. The fourth-order valence-electron chi connectivity index (χ4n) is 5.12. The Kier molecular flexibility index (Phi) is 5.64. The molecule has 2 amide bonds. The first-order valence-electron chi connectivity index (χ1n) is 10.8. The minimum absolute atomic E-state index is 0.0148. The van der Waals surface area contributed by atoms with Crippen LogP contribution in [-0.4, -0.2) is 66.6 Å². The van der Waals surface area contributed by atoms with Gasteiger partial charge in [-0.2, -0.15) is 4.98 Å². The number of hydrogen-bond donors (Lipinski definition) is 1. The molecule has 2 fully saturated rings. The van der Waals surface area contributed by atoms with Gasteiger partial charge in [0.2, 0.25) is 5.95 Å². The molecule has 166 valence electrons. The minimum atomic E-state index is 0.0148. The normalized spacial score (nSPS) is 22.5. The van der Waals surface area contributed by atoms with Crippen molar-refractivity contribution in [3.63, 3.8) is 0 Å². The van der Waals surface area contributed by atoms with Crippen LogP contribution in [0.5, 0.6) is 5.75 Å². The Bertz CT molecular complexity index is 961. The molecular weight excluding hydrogens is 392 g/mol. The number of aryl methyl sites for hydroxylation is 1. The molecule has 0 spiro atoms. The molecule has 2 saturated heterocycles. The molecule has 0 unspecified atom stereocenters. The molecule has 0 saturated carbocycles. The quantitative estimate of drug-likeness (QED) is 0.812. The van der Waals surface area contributed by atoms with Crippen LogP contribution in [0.3, 0.4) is 0 Å². The molecule has 8 nitrogen and oxygen atoms in total. The van der Waals surface area contributed by atoms with Crippen LogP contribution in [0.25, 0.3) is 0 Å². The number of fused-ring (bicyclic) bond motifs is 1. The van der Waals surface area contributed by atoms with E-state index < -0.39 is 0 Å².